The van der Waals surface area contributed by atoms with Crippen molar-refractivity contribution in [3.05, 3.63) is 38.8 Å². The average molecular weight is 377 g/mol. The molecule has 2 aromatic rings. The highest BCUT2D eigenvalue weighted by Gasteiger charge is 2.23. The third-order valence-corrected chi connectivity index (χ3v) is 5.93. The van der Waals surface area contributed by atoms with Crippen LogP contribution in [-0.4, -0.2) is 24.5 Å². The molecule has 0 aliphatic rings. The maximum Gasteiger partial charge on any atom is 0.345 e. The van der Waals surface area contributed by atoms with Gasteiger partial charge in [0.25, 0.3) is 10.0 Å². The van der Waals surface area contributed by atoms with Gasteiger partial charge in [-0.2, -0.15) is 0 Å². The van der Waals surface area contributed by atoms with Gasteiger partial charge in [0.2, 0.25) is 0 Å². The molecule has 0 aliphatic carbocycles. The summed E-state index contributed by atoms with van der Waals surface area (Å²) in [6.45, 7) is 1.74. The topological polar surface area (TPSA) is 96.4 Å². The van der Waals surface area contributed by atoms with E-state index in [4.69, 9.17) is 5.11 Å². The van der Waals surface area contributed by atoms with Crippen molar-refractivity contribution in [3.8, 4) is 0 Å². The number of halogens is 1. The molecule has 0 amide bonds. The maximum atomic E-state index is 12.2. The normalized spacial score (nSPS) is 11.3. The Hall–Kier alpha value is -1.45. The van der Waals surface area contributed by atoms with Gasteiger partial charge in [0.15, 0.2) is 0 Å². The largest absolute Gasteiger partial charge is 0.477 e. The molecule has 2 aromatic heterocycles. The lowest BCUT2D eigenvalue weighted by molar-refractivity contribution is 0.0702. The van der Waals surface area contributed by atoms with Crippen molar-refractivity contribution in [2.45, 2.75) is 11.8 Å². The zero-order valence-electron chi connectivity index (χ0n) is 10.1. The molecule has 0 radical (unpaired) electrons. The zero-order chi connectivity index (χ0) is 14.9. The van der Waals surface area contributed by atoms with Crippen LogP contribution in [0.4, 0.5) is 5.69 Å². The number of nitrogens with one attached hydrogen (secondary N) is 1. The van der Waals surface area contributed by atoms with Crippen molar-refractivity contribution in [2.24, 2.45) is 0 Å². The highest BCUT2D eigenvalue weighted by Crippen LogP contribution is 2.32. The molecule has 20 heavy (non-hydrogen) atoms. The summed E-state index contributed by atoms with van der Waals surface area (Å²) in [6, 6.07) is 4.21. The molecule has 2 rings (SSSR count). The number of carboxylic acids is 1. The third-order valence-electron chi connectivity index (χ3n) is 2.30. The molecule has 2 N–H and O–H groups in total. The lowest BCUT2D eigenvalue weighted by Gasteiger charge is -2.07. The molecule has 9 heteroatoms. The van der Waals surface area contributed by atoms with Crippen LogP contribution in [0.2, 0.25) is 0 Å². The van der Waals surface area contributed by atoms with E-state index in [0.29, 0.717) is 11.4 Å². The van der Waals surface area contributed by atoms with Crippen LogP contribution < -0.4 is 4.72 Å². The van der Waals surface area contributed by atoms with Gasteiger partial charge in [-0.3, -0.25) is 9.71 Å². The lowest BCUT2D eigenvalue weighted by Crippen LogP contribution is -2.13. The fourth-order valence-corrected chi connectivity index (χ4v) is 4.91. The summed E-state index contributed by atoms with van der Waals surface area (Å²) in [4.78, 5) is 14.7. The molecule has 0 saturated heterocycles. The molecule has 106 valence electrons. The number of nitrogens with zero attached hydrogens (tertiary/aromatic N) is 1. The number of hydrogen-bond acceptors (Lipinski definition) is 5. The number of anilines is 1. The standard InChI is InChI=1S/C11H9BrN2O4S2/c1-6-4-7(2-3-13-6)14-20(17,18)9-5-8(11(15)16)19-10(9)12/h2-5H,1H3,(H,13,14)(H,15,16). The highest BCUT2D eigenvalue weighted by atomic mass is 79.9. The minimum Gasteiger partial charge on any atom is -0.477 e. The van der Waals surface area contributed by atoms with Gasteiger partial charge in [0.1, 0.15) is 9.77 Å². The van der Waals surface area contributed by atoms with Gasteiger partial charge in [-0.15, -0.1) is 11.3 Å². The van der Waals surface area contributed by atoms with Crippen molar-refractivity contribution in [1.82, 2.24) is 4.98 Å². The first-order chi connectivity index (χ1) is 9.29. The number of aryl methyl sites for hydroxylation is 1. The van der Waals surface area contributed by atoms with Crippen LogP contribution >= 0.6 is 27.3 Å². The van der Waals surface area contributed by atoms with E-state index in [2.05, 4.69) is 25.6 Å². The van der Waals surface area contributed by atoms with E-state index in [0.717, 1.165) is 17.4 Å². The van der Waals surface area contributed by atoms with E-state index >= 15 is 0 Å². The molecule has 2 heterocycles. The van der Waals surface area contributed by atoms with Gasteiger partial charge >= 0.3 is 5.97 Å². The fourth-order valence-electron chi connectivity index (χ4n) is 1.46. The number of pyridine rings is 1. The lowest BCUT2D eigenvalue weighted by atomic mass is 10.3. The smallest absolute Gasteiger partial charge is 0.345 e. The molecular weight excluding hydrogens is 368 g/mol. The molecule has 0 saturated carbocycles. The van der Waals surface area contributed by atoms with E-state index in [9.17, 15) is 13.2 Å². The molecule has 6 nitrogen and oxygen atoms in total. The second-order valence-electron chi connectivity index (χ2n) is 3.85. The molecule has 0 aromatic carbocycles. The molecular formula is C11H9BrN2O4S2. The van der Waals surface area contributed by atoms with Crippen LogP contribution in [0, 0.1) is 6.92 Å². The Bertz CT molecular complexity index is 770. The molecule has 0 unspecified atom stereocenters. The summed E-state index contributed by atoms with van der Waals surface area (Å²) in [6.07, 6.45) is 1.48. The van der Waals surface area contributed by atoms with Gasteiger partial charge in [0, 0.05) is 11.9 Å². The number of thiophene rings is 1. The Morgan fingerprint density at radius 2 is 2.15 bits per heavy atom. The van der Waals surface area contributed by atoms with Crippen LogP contribution in [0.3, 0.4) is 0 Å². The summed E-state index contributed by atoms with van der Waals surface area (Å²) in [5.41, 5.74) is 1.04. The van der Waals surface area contributed by atoms with Crippen molar-refractivity contribution in [3.63, 3.8) is 0 Å². The van der Waals surface area contributed by atoms with E-state index in [1.807, 2.05) is 0 Å². The monoisotopic (exact) mass is 376 g/mol. The minimum absolute atomic E-state index is 0.0526. The molecule has 0 aliphatic heterocycles. The number of hydrogen-bond donors (Lipinski definition) is 2. The molecule has 0 fully saturated rings. The van der Waals surface area contributed by atoms with Crippen LogP contribution in [-0.2, 0) is 10.0 Å². The summed E-state index contributed by atoms with van der Waals surface area (Å²) in [5, 5.41) is 8.88. The van der Waals surface area contributed by atoms with Crippen LogP contribution in [0.5, 0.6) is 0 Å². The Labute approximate surface area is 127 Å². The maximum absolute atomic E-state index is 12.2. The number of aromatic carboxylic acids is 1. The van der Waals surface area contributed by atoms with Gasteiger partial charge in [0.05, 0.1) is 9.47 Å². The molecule has 0 bridgehead atoms. The summed E-state index contributed by atoms with van der Waals surface area (Å²) in [5.74, 6) is -1.17. The number of sulfonamides is 1. The second kappa shape index (κ2) is 5.51. The van der Waals surface area contributed by atoms with Crippen LogP contribution in [0.15, 0.2) is 33.1 Å². The van der Waals surface area contributed by atoms with Crippen molar-refractivity contribution in [2.75, 3.05) is 4.72 Å². The van der Waals surface area contributed by atoms with Gasteiger partial charge in [-0.1, -0.05) is 0 Å². The van der Waals surface area contributed by atoms with Crippen LogP contribution in [0.1, 0.15) is 15.4 Å². The Morgan fingerprint density at radius 3 is 2.70 bits per heavy atom. The SMILES string of the molecule is Cc1cc(NS(=O)(=O)c2cc(C(=O)O)sc2Br)ccn1. The van der Waals surface area contributed by atoms with Crippen molar-refractivity contribution >= 4 is 48.9 Å². The first kappa shape index (κ1) is 14.9. The predicted molar refractivity (Wildman–Crippen MR) is 78.8 cm³/mol. The van der Waals surface area contributed by atoms with Crippen LogP contribution in [0.25, 0.3) is 0 Å². The second-order valence-corrected chi connectivity index (χ2v) is 7.87. The summed E-state index contributed by atoms with van der Waals surface area (Å²) >= 11 is 3.92. The fraction of sp³-hybridized carbons (Fsp3) is 0.0909. The number of rotatable bonds is 4. The number of carboxylic acid groups (broad SMARTS) is 1. The van der Waals surface area contributed by atoms with Gasteiger partial charge in [-0.25, -0.2) is 13.2 Å². The average Bonchev–Trinajstić information content (AvgIpc) is 2.71. The van der Waals surface area contributed by atoms with E-state index < -0.39 is 16.0 Å². The van der Waals surface area contributed by atoms with Gasteiger partial charge in [-0.05, 0) is 41.1 Å². The number of aromatic nitrogens is 1. The Kier molecular flexibility index (Phi) is 4.11. The Balaban J connectivity index is 2.38. The van der Waals surface area contributed by atoms with Crippen molar-refractivity contribution in [1.29, 1.82) is 0 Å². The first-order valence-corrected chi connectivity index (χ1v) is 8.37. The quantitative estimate of drug-likeness (QED) is 0.854. The third kappa shape index (κ3) is 3.17. The van der Waals surface area contributed by atoms with Gasteiger partial charge < -0.3 is 5.11 Å². The predicted octanol–water partition coefficient (Wildman–Crippen LogP) is 2.71. The van der Waals surface area contributed by atoms with Crippen molar-refractivity contribution < 1.29 is 18.3 Å². The summed E-state index contributed by atoms with van der Waals surface area (Å²) < 4.78 is 27.1. The van der Waals surface area contributed by atoms with E-state index in [-0.39, 0.29) is 13.6 Å². The first-order valence-electron chi connectivity index (χ1n) is 5.28. The zero-order valence-corrected chi connectivity index (χ0v) is 13.3. The Morgan fingerprint density at radius 1 is 1.45 bits per heavy atom. The molecule has 0 atom stereocenters. The summed E-state index contributed by atoms with van der Waals surface area (Å²) in [7, 11) is -3.85. The minimum atomic E-state index is -3.85. The molecule has 0 spiro atoms. The number of carbonyl (C=O) groups is 1. The van der Waals surface area contributed by atoms with E-state index in [1.165, 1.54) is 12.3 Å². The van der Waals surface area contributed by atoms with E-state index in [1.54, 1.807) is 13.0 Å². The highest BCUT2D eigenvalue weighted by molar-refractivity contribution is 9.11.